The molecular weight excluding hydrogens is 511 g/mol. The molecule has 0 radical (unpaired) electrons. The van der Waals surface area contributed by atoms with Crippen molar-refractivity contribution in [3.8, 4) is 5.75 Å². The largest absolute Gasteiger partial charge is 0.427 e. The first kappa shape index (κ1) is 27.6. The summed E-state index contributed by atoms with van der Waals surface area (Å²) in [5.41, 5.74) is 1.68. The van der Waals surface area contributed by atoms with Crippen molar-refractivity contribution in [1.29, 1.82) is 0 Å². The lowest BCUT2D eigenvalue weighted by Crippen LogP contribution is -2.61. The number of hydrogen-bond acceptors (Lipinski definition) is 5. The number of amides is 1. The van der Waals surface area contributed by atoms with E-state index in [9.17, 15) is 9.59 Å². The van der Waals surface area contributed by atoms with Crippen LogP contribution in [-0.2, 0) is 26.2 Å². The lowest BCUT2D eigenvalue weighted by molar-refractivity contribution is -0.132. The van der Waals surface area contributed by atoms with Gasteiger partial charge >= 0.3 is 5.97 Å². The number of methoxy groups -OCH3 is 1. The molecule has 37 heavy (non-hydrogen) atoms. The Morgan fingerprint density at radius 2 is 2.03 bits per heavy atom. The van der Waals surface area contributed by atoms with Crippen molar-refractivity contribution >= 4 is 35.1 Å². The number of carbonyl (C=O) groups is 2. The standard InChI is InChI=1S/C29H34Cl2N2O4/c1-4-11-33-12-10-29(21-6-5-7-23(15-21)37-19(2)34)17-22(16-27(36-3)24(29)18-33)32-28(35)14-20-8-9-25(30)26(31)13-20/h4-9,13,15,22,24,27H,1,10-12,14,16-18H2,2-3H3,(H,32,35). The van der Waals surface area contributed by atoms with Crippen molar-refractivity contribution in [1.82, 2.24) is 10.2 Å². The smallest absolute Gasteiger partial charge is 0.308 e. The van der Waals surface area contributed by atoms with Crippen LogP contribution in [0.25, 0.3) is 0 Å². The number of benzene rings is 2. The van der Waals surface area contributed by atoms with Crippen LogP contribution in [0.2, 0.25) is 10.0 Å². The highest BCUT2D eigenvalue weighted by atomic mass is 35.5. The zero-order valence-corrected chi connectivity index (χ0v) is 22.9. The molecule has 1 aliphatic carbocycles. The molecule has 2 aliphatic rings. The van der Waals surface area contributed by atoms with E-state index in [1.54, 1.807) is 25.3 Å². The third-order valence-corrected chi connectivity index (χ3v) is 8.43. The average molecular weight is 546 g/mol. The number of piperidine rings is 1. The second-order valence-electron chi connectivity index (χ2n) is 10.1. The van der Waals surface area contributed by atoms with E-state index in [1.165, 1.54) is 6.92 Å². The summed E-state index contributed by atoms with van der Waals surface area (Å²) in [6.45, 7) is 7.91. The van der Waals surface area contributed by atoms with Gasteiger partial charge in [0.25, 0.3) is 0 Å². The van der Waals surface area contributed by atoms with Crippen molar-refractivity contribution < 1.29 is 19.1 Å². The number of nitrogens with one attached hydrogen (secondary N) is 1. The molecule has 4 unspecified atom stereocenters. The van der Waals surface area contributed by atoms with Gasteiger partial charge in [0.05, 0.1) is 22.6 Å². The molecule has 2 aromatic rings. The summed E-state index contributed by atoms with van der Waals surface area (Å²) in [4.78, 5) is 27.1. The second kappa shape index (κ2) is 12.0. The minimum atomic E-state index is -0.349. The van der Waals surface area contributed by atoms with Gasteiger partial charge in [-0.1, -0.05) is 47.5 Å². The zero-order valence-electron chi connectivity index (χ0n) is 21.3. The molecule has 1 amide bonds. The fourth-order valence-electron chi connectivity index (χ4n) is 6.13. The summed E-state index contributed by atoms with van der Waals surface area (Å²) in [5, 5.41) is 4.17. The summed E-state index contributed by atoms with van der Waals surface area (Å²) < 4.78 is 11.5. The molecule has 198 valence electrons. The lowest BCUT2D eigenvalue weighted by Gasteiger charge is -2.55. The number of carbonyl (C=O) groups excluding carboxylic acids is 2. The highest BCUT2D eigenvalue weighted by Gasteiger charge is 2.52. The van der Waals surface area contributed by atoms with E-state index in [0.29, 0.717) is 15.8 Å². The van der Waals surface area contributed by atoms with Crippen LogP contribution in [0.15, 0.2) is 55.1 Å². The Hall–Kier alpha value is -2.38. The monoisotopic (exact) mass is 544 g/mol. The van der Waals surface area contributed by atoms with Crippen LogP contribution in [0.4, 0.5) is 0 Å². The van der Waals surface area contributed by atoms with Crippen LogP contribution < -0.4 is 10.1 Å². The molecule has 4 rings (SSSR count). The molecule has 8 heteroatoms. The van der Waals surface area contributed by atoms with Gasteiger partial charge in [-0.3, -0.25) is 14.5 Å². The van der Waals surface area contributed by atoms with E-state index >= 15 is 0 Å². The van der Waals surface area contributed by atoms with Crippen LogP contribution in [0, 0.1) is 5.92 Å². The third-order valence-electron chi connectivity index (χ3n) is 7.69. The summed E-state index contributed by atoms with van der Waals surface area (Å²) in [6.07, 6.45) is 4.50. The Kier molecular flexibility index (Phi) is 8.96. The molecule has 0 spiro atoms. The number of nitrogens with zero attached hydrogens (tertiary/aromatic N) is 1. The van der Waals surface area contributed by atoms with Gasteiger partial charge in [0.2, 0.25) is 5.91 Å². The quantitative estimate of drug-likeness (QED) is 0.281. The number of rotatable bonds is 8. The lowest BCUT2D eigenvalue weighted by atomic mass is 9.57. The molecule has 1 saturated carbocycles. The van der Waals surface area contributed by atoms with E-state index in [1.807, 2.05) is 24.3 Å². The average Bonchev–Trinajstić information content (AvgIpc) is 2.86. The van der Waals surface area contributed by atoms with Gasteiger partial charge < -0.3 is 14.8 Å². The van der Waals surface area contributed by atoms with Gasteiger partial charge in [-0.25, -0.2) is 0 Å². The molecule has 2 aromatic carbocycles. The van der Waals surface area contributed by atoms with E-state index in [2.05, 4.69) is 22.9 Å². The maximum absolute atomic E-state index is 13.1. The summed E-state index contributed by atoms with van der Waals surface area (Å²) in [7, 11) is 1.75. The van der Waals surface area contributed by atoms with Crippen molar-refractivity contribution in [2.75, 3.05) is 26.7 Å². The maximum Gasteiger partial charge on any atom is 0.308 e. The van der Waals surface area contributed by atoms with Crippen molar-refractivity contribution in [3.05, 3.63) is 76.3 Å². The number of halogens is 2. The third kappa shape index (κ3) is 6.37. The first-order valence-corrected chi connectivity index (χ1v) is 13.4. The summed E-state index contributed by atoms with van der Waals surface area (Å²) in [5.74, 6) is 0.329. The number of esters is 1. The first-order chi connectivity index (χ1) is 17.7. The Morgan fingerprint density at radius 3 is 2.73 bits per heavy atom. The number of likely N-dealkylation sites (tertiary alicyclic amines) is 1. The van der Waals surface area contributed by atoms with Gasteiger partial charge in [-0.05, 0) is 61.2 Å². The SMILES string of the molecule is C=CCN1CCC2(c3cccc(OC(C)=O)c3)CC(NC(=O)Cc3ccc(Cl)c(Cl)c3)CC(OC)C2C1. The topological polar surface area (TPSA) is 67.9 Å². The number of fused-ring (bicyclic) bond motifs is 1. The fourth-order valence-corrected chi connectivity index (χ4v) is 6.45. The van der Waals surface area contributed by atoms with Gasteiger partial charge in [0.15, 0.2) is 0 Å². The Labute approximate surface area is 228 Å². The number of hydrogen-bond donors (Lipinski definition) is 1. The maximum atomic E-state index is 13.1. The molecule has 6 nitrogen and oxygen atoms in total. The van der Waals surface area contributed by atoms with E-state index in [-0.39, 0.29) is 41.8 Å². The second-order valence-corrected chi connectivity index (χ2v) is 10.9. The zero-order chi connectivity index (χ0) is 26.6. The molecule has 2 fully saturated rings. The minimum Gasteiger partial charge on any atom is -0.427 e. The van der Waals surface area contributed by atoms with Crippen LogP contribution in [0.3, 0.4) is 0 Å². The van der Waals surface area contributed by atoms with E-state index < -0.39 is 0 Å². The molecule has 1 saturated heterocycles. The Balaban J connectivity index is 1.61. The van der Waals surface area contributed by atoms with Crippen molar-refractivity contribution in [3.63, 3.8) is 0 Å². The van der Waals surface area contributed by atoms with Gasteiger partial charge in [-0.2, -0.15) is 0 Å². The highest BCUT2D eigenvalue weighted by molar-refractivity contribution is 6.42. The van der Waals surface area contributed by atoms with E-state index in [0.717, 1.165) is 50.0 Å². The van der Waals surface area contributed by atoms with Gasteiger partial charge in [0.1, 0.15) is 5.75 Å². The van der Waals surface area contributed by atoms with Crippen LogP contribution in [0.1, 0.15) is 37.3 Å². The number of ether oxygens (including phenoxy) is 2. The predicted molar refractivity (Wildman–Crippen MR) is 146 cm³/mol. The molecule has 1 N–H and O–H groups in total. The van der Waals surface area contributed by atoms with Crippen LogP contribution in [0.5, 0.6) is 5.75 Å². The van der Waals surface area contributed by atoms with E-state index in [4.69, 9.17) is 32.7 Å². The van der Waals surface area contributed by atoms with Crippen molar-refractivity contribution in [2.24, 2.45) is 5.92 Å². The normalized spacial score (nSPS) is 25.7. The van der Waals surface area contributed by atoms with Crippen LogP contribution >= 0.6 is 23.2 Å². The first-order valence-electron chi connectivity index (χ1n) is 12.6. The molecule has 0 bridgehead atoms. The highest BCUT2D eigenvalue weighted by Crippen LogP contribution is 2.50. The molecular formula is C29H34Cl2N2O4. The summed E-state index contributed by atoms with van der Waals surface area (Å²) >= 11 is 12.2. The molecule has 1 heterocycles. The summed E-state index contributed by atoms with van der Waals surface area (Å²) in [6, 6.07) is 13.0. The minimum absolute atomic E-state index is 0.0472. The Morgan fingerprint density at radius 1 is 1.22 bits per heavy atom. The molecule has 1 aliphatic heterocycles. The van der Waals surface area contributed by atoms with Crippen molar-refractivity contribution in [2.45, 2.75) is 50.2 Å². The van der Waals surface area contributed by atoms with Gasteiger partial charge in [0, 0.05) is 44.5 Å². The predicted octanol–water partition coefficient (Wildman–Crippen LogP) is 5.20. The Bertz CT molecular complexity index is 1160. The molecule has 0 aromatic heterocycles. The molecule has 4 atom stereocenters. The fraction of sp³-hybridized carbons (Fsp3) is 0.448. The van der Waals surface area contributed by atoms with Crippen LogP contribution in [-0.4, -0.2) is 55.7 Å². The van der Waals surface area contributed by atoms with Gasteiger partial charge in [-0.15, -0.1) is 6.58 Å².